The summed E-state index contributed by atoms with van der Waals surface area (Å²) in [7, 11) is 0. The fraction of sp³-hybridized carbons (Fsp3) is 0.438. The van der Waals surface area contributed by atoms with Crippen LogP contribution < -0.4 is 5.32 Å². The van der Waals surface area contributed by atoms with E-state index in [4.69, 9.17) is 0 Å². The second-order valence-electron chi connectivity index (χ2n) is 5.59. The second kappa shape index (κ2) is 4.41. The van der Waals surface area contributed by atoms with E-state index in [1.165, 1.54) is 60.4 Å². The van der Waals surface area contributed by atoms with Gasteiger partial charge in [-0.25, -0.2) is 4.98 Å². The van der Waals surface area contributed by atoms with Crippen molar-refractivity contribution in [3.05, 3.63) is 41.5 Å². The van der Waals surface area contributed by atoms with Crippen molar-refractivity contribution in [2.45, 2.75) is 38.5 Å². The molecule has 1 N–H and O–H groups in total. The SMILES string of the molecule is c1cc2c(cc1-n1cnc3c1CCCC3)NCCC2. The van der Waals surface area contributed by atoms with Crippen LogP contribution in [0, 0.1) is 0 Å². The van der Waals surface area contributed by atoms with Gasteiger partial charge < -0.3 is 9.88 Å². The van der Waals surface area contributed by atoms with E-state index in [-0.39, 0.29) is 0 Å². The number of hydrogen-bond donors (Lipinski definition) is 1. The number of aryl methyl sites for hydroxylation is 2. The van der Waals surface area contributed by atoms with Crippen LogP contribution in [0.15, 0.2) is 24.5 Å². The van der Waals surface area contributed by atoms with E-state index < -0.39 is 0 Å². The van der Waals surface area contributed by atoms with Gasteiger partial charge in [0.1, 0.15) is 0 Å². The lowest BCUT2D eigenvalue weighted by Crippen LogP contribution is -2.12. The maximum absolute atomic E-state index is 4.59. The van der Waals surface area contributed by atoms with Gasteiger partial charge in [-0.15, -0.1) is 0 Å². The molecule has 98 valence electrons. The van der Waals surface area contributed by atoms with E-state index in [2.05, 4.69) is 33.1 Å². The largest absolute Gasteiger partial charge is 0.385 e. The van der Waals surface area contributed by atoms with E-state index >= 15 is 0 Å². The highest BCUT2D eigenvalue weighted by Crippen LogP contribution is 2.28. The number of nitrogens with zero attached hydrogens (tertiary/aromatic N) is 2. The molecular weight excluding hydrogens is 234 g/mol. The zero-order chi connectivity index (χ0) is 12.7. The number of imidazole rings is 1. The molecule has 19 heavy (non-hydrogen) atoms. The molecular formula is C16H19N3. The Hall–Kier alpha value is -1.77. The molecule has 0 saturated heterocycles. The lowest BCUT2D eigenvalue weighted by Gasteiger charge is -2.20. The molecule has 1 aromatic carbocycles. The molecule has 0 saturated carbocycles. The maximum atomic E-state index is 4.59. The smallest absolute Gasteiger partial charge is 0.0997 e. The van der Waals surface area contributed by atoms with Gasteiger partial charge in [-0.05, 0) is 56.2 Å². The van der Waals surface area contributed by atoms with Crippen LogP contribution in [0.4, 0.5) is 5.69 Å². The predicted octanol–water partition coefficient (Wildman–Crippen LogP) is 3.11. The van der Waals surface area contributed by atoms with E-state index in [1.807, 2.05) is 6.33 Å². The number of rotatable bonds is 1. The van der Waals surface area contributed by atoms with Crippen LogP contribution >= 0.6 is 0 Å². The van der Waals surface area contributed by atoms with Gasteiger partial charge in [0.25, 0.3) is 0 Å². The number of hydrogen-bond acceptors (Lipinski definition) is 2. The van der Waals surface area contributed by atoms with E-state index in [1.54, 1.807) is 0 Å². The van der Waals surface area contributed by atoms with Crippen molar-refractivity contribution in [3.63, 3.8) is 0 Å². The monoisotopic (exact) mass is 253 g/mol. The Kier molecular flexibility index (Phi) is 2.57. The number of anilines is 1. The number of nitrogens with one attached hydrogen (secondary N) is 1. The molecule has 1 aliphatic carbocycles. The number of aromatic nitrogens is 2. The Labute approximate surface area is 113 Å². The average molecular weight is 253 g/mol. The highest BCUT2D eigenvalue weighted by atomic mass is 15.1. The highest BCUT2D eigenvalue weighted by molar-refractivity contribution is 5.59. The maximum Gasteiger partial charge on any atom is 0.0997 e. The van der Waals surface area contributed by atoms with Crippen molar-refractivity contribution in [2.75, 3.05) is 11.9 Å². The van der Waals surface area contributed by atoms with Gasteiger partial charge in [0.2, 0.25) is 0 Å². The zero-order valence-corrected chi connectivity index (χ0v) is 11.2. The summed E-state index contributed by atoms with van der Waals surface area (Å²) < 4.78 is 2.28. The predicted molar refractivity (Wildman–Crippen MR) is 77.0 cm³/mol. The first-order valence-corrected chi connectivity index (χ1v) is 7.34. The minimum absolute atomic E-state index is 1.10. The van der Waals surface area contributed by atoms with Gasteiger partial charge in [0.15, 0.2) is 0 Å². The van der Waals surface area contributed by atoms with Crippen molar-refractivity contribution < 1.29 is 0 Å². The van der Waals surface area contributed by atoms with E-state index in [0.717, 1.165) is 13.0 Å². The third kappa shape index (κ3) is 1.84. The molecule has 3 nitrogen and oxygen atoms in total. The topological polar surface area (TPSA) is 29.9 Å². The summed E-state index contributed by atoms with van der Waals surface area (Å²) in [4.78, 5) is 4.59. The number of benzene rings is 1. The summed E-state index contributed by atoms with van der Waals surface area (Å²) in [5.74, 6) is 0. The summed E-state index contributed by atoms with van der Waals surface area (Å²) in [5, 5.41) is 3.51. The van der Waals surface area contributed by atoms with Gasteiger partial charge in [-0.2, -0.15) is 0 Å². The Morgan fingerprint density at radius 3 is 3.00 bits per heavy atom. The van der Waals surface area contributed by atoms with Crippen LogP contribution in [-0.4, -0.2) is 16.1 Å². The molecule has 0 bridgehead atoms. The van der Waals surface area contributed by atoms with Crippen LogP contribution in [0.3, 0.4) is 0 Å². The third-order valence-corrected chi connectivity index (χ3v) is 4.34. The summed E-state index contributed by atoms with van der Waals surface area (Å²) in [6.07, 6.45) is 9.33. The minimum atomic E-state index is 1.10. The Bertz CT molecular complexity index is 612. The van der Waals surface area contributed by atoms with Crippen LogP contribution in [-0.2, 0) is 19.3 Å². The molecule has 2 aromatic rings. The first-order chi connectivity index (χ1) is 9.42. The van der Waals surface area contributed by atoms with Crippen molar-refractivity contribution in [1.82, 2.24) is 9.55 Å². The molecule has 1 aromatic heterocycles. The van der Waals surface area contributed by atoms with Crippen LogP contribution in [0.5, 0.6) is 0 Å². The van der Waals surface area contributed by atoms with Crippen molar-refractivity contribution in [3.8, 4) is 5.69 Å². The zero-order valence-electron chi connectivity index (χ0n) is 11.2. The normalized spacial score (nSPS) is 17.5. The van der Waals surface area contributed by atoms with Crippen molar-refractivity contribution in [1.29, 1.82) is 0 Å². The van der Waals surface area contributed by atoms with Crippen LogP contribution in [0.1, 0.15) is 36.2 Å². The molecule has 0 atom stereocenters. The van der Waals surface area contributed by atoms with Crippen LogP contribution in [0.25, 0.3) is 5.69 Å². The van der Waals surface area contributed by atoms with E-state index in [0.29, 0.717) is 0 Å². The fourth-order valence-corrected chi connectivity index (χ4v) is 3.29. The second-order valence-corrected chi connectivity index (χ2v) is 5.59. The lowest BCUT2D eigenvalue weighted by molar-refractivity contribution is 0.656. The summed E-state index contributed by atoms with van der Waals surface area (Å²) in [5.41, 5.74) is 6.73. The van der Waals surface area contributed by atoms with Crippen molar-refractivity contribution in [2.24, 2.45) is 0 Å². The van der Waals surface area contributed by atoms with Crippen molar-refractivity contribution >= 4 is 5.69 Å². The summed E-state index contributed by atoms with van der Waals surface area (Å²) in [6, 6.07) is 6.79. The van der Waals surface area contributed by atoms with Gasteiger partial charge in [0.05, 0.1) is 12.0 Å². The molecule has 0 fully saturated rings. The molecule has 1 aliphatic heterocycles. The van der Waals surface area contributed by atoms with Crippen LogP contribution in [0.2, 0.25) is 0 Å². The molecule has 2 heterocycles. The molecule has 0 spiro atoms. The first-order valence-electron chi connectivity index (χ1n) is 7.34. The molecule has 0 unspecified atom stereocenters. The number of fused-ring (bicyclic) bond motifs is 2. The van der Waals surface area contributed by atoms with E-state index in [9.17, 15) is 0 Å². The third-order valence-electron chi connectivity index (χ3n) is 4.34. The molecule has 3 heteroatoms. The summed E-state index contributed by atoms with van der Waals surface area (Å²) in [6.45, 7) is 1.10. The van der Waals surface area contributed by atoms with Gasteiger partial charge in [-0.3, -0.25) is 0 Å². The quantitative estimate of drug-likeness (QED) is 0.846. The average Bonchev–Trinajstić information content (AvgIpc) is 2.91. The fourth-order valence-electron chi connectivity index (χ4n) is 3.29. The molecule has 2 aliphatic rings. The Morgan fingerprint density at radius 1 is 1.05 bits per heavy atom. The lowest BCUT2D eigenvalue weighted by atomic mass is 10.0. The molecule has 0 radical (unpaired) electrons. The van der Waals surface area contributed by atoms with Gasteiger partial charge in [-0.1, -0.05) is 6.07 Å². The standard InChI is InChI=1S/C16H19N3/c1-2-6-16-14(5-1)18-11-19(16)13-8-7-12-4-3-9-17-15(12)10-13/h7-8,10-11,17H,1-6,9H2. The highest BCUT2D eigenvalue weighted by Gasteiger charge is 2.17. The minimum Gasteiger partial charge on any atom is -0.385 e. The summed E-state index contributed by atoms with van der Waals surface area (Å²) >= 11 is 0. The van der Waals surface area contributed by atoms with Gasteiger partial charge in [0, 0.05) is 23.6 Å². The Balaban J connectivity index is 1.78. The van der Waals surface area contributed by atoms with Gasteiger partial charge >= 0.3 is 0 Å². The molecule has 4 rings (SSSR count). The molecule has 0 amide bonds. The first kappa shape index (κ1) is 11.1. The Morgan fingerprint density at radius 2 is 2.00 bits per heavy atom.